The molecular formula is C42H50N8O6. The van der Waals surface area contributed by atoms with Gasteiger partial charge in [0.25, 0.3) is 0 Å². The number of para-hydroxylation sites is 1. The number of amides is 2. The topological polar surface area (TPSA) is 170 Å². The van der Waals surface area contributed by atoms with E-state index < -0.39 is 11.9 Å². The maximum absolute atomic E-state index is 13.0. The first kappa shape index (κ1) is 38.8. The maximum Gasteiger partial charge on any atom is 0.329 e. The number of nitrogen functional groups attached to an aromatic ring is 1. The molecule has 7 rings (SSSR count). The van der Waals surface area contributed by atoms with E-state index in [9.17, 15) is 19.5 Å². The van der Waals surface area contributed by atoms with Gasteiger partial charge in [0.2, 0.25) is 11.8 Å². The number of rotatable bonds is 16. The normalized spacial score (nSPS) is 16.8. The number of ether oxygens (including phenoxy) is 2. The minimum Gasteiger partial charge on any atom is -0.507 e. The Balaban J connectivity index is 0.752. The molecule has 14 nitrogen and oxygen atoms in total. The molecule has 0 bridgehead atoms. The second-order valence-electron chi connectivity index (χ2n) is 14.5. The van der Waals surface area contributed by atoms with E-state index in [0.717, 1.165) is 80.7 Å². The van der Waals surface area contributed by atoms with Gasteiger partial charge in [0.1, 0.15) is 11.8 Å². The Labute approximate surface area is 325 Å². The van der Waals surface area contributed by atoms with Crippen LogP contribution >= 0.6 is 0 Å². The number of nitrogens with one attached hydrogen (secondary N) is 1. The number of benzene rings is 3. The highest BCUT2D eigenvalue weighted by atomic mass is 16.5. The molecule has 2 saturated heterocycles. The van der Waals surface area contributed by atoms with Crippen LogP contribution < -0.4 is 16.7 Å². The van der Waals surface area contributed by atoms with Crippen LogP contribution in [0.15, 0.2) is 77.6 Å². The number of imide groups is 1. The number of aryl methyl sites for hydroxylation is 2. The van der Waals surface area contributed by atoms with Gasteiger partial charge in [-0.05, 0) is 72.7 Å². The van der Waals surface area contributed by atoms with Gasteiger partial charge in [-0.15, -0.1) is 10.2 Å². The number of aromatic nitrogens is 4. The van der Waals surface area contributed by atoms with E-state index in [1.165, 1.54) is 10.1 Å². The number of aromatic hydroxyl groups is 1. The van der Waals surface area contributed by atoms with Gasteiger partial charge < -0.3 is 20.3 Å². The Morgan fingerprint density at radius 2 is 1.52 bits per heavy atom. The number of imidazole rings is 1. The number of nitrogens with two attached hydrogens (primary N) is 1. The van der Waals surface area contributed by atoms with Crippen molar-refractivity contribution < 1.29 is 24.2 Å². The van der Waals surface area contributed by atoms with Crippen LogP contribution in [0.5, 0.6) is 5.75 Å². The van der Waals surface area contributed by atoms with Gasteiger partial charge in [0, 0.05) is 83.7 Å². The molecule has 2 aliphatic heterocycles. The Bertz CT molecular complexity index is 2210. The van der Waals surface area contributed by atoms with Crippen LogP contribution in [0.25, 0.3) is 33.4 Å². The summed E-state index contributed by atoms with van der Waals surface area (Å²) in [4.78, 5) is 42.0. The standard InChI is InChI=1S/C42H50N8O6/c1-47-37-26-29(11-14-35(37)50(42(47)54)36-15-16-39(52)44-41(36)53)6-4-22-55-23-5-24-56-25-21-48-17-19-49(20-18-48)28-30-9-12-31(13-10-30)33-27-34(45-46-40(33)43)32-7-2-3-8-38(32)51/h2-3,7-14,26-27,36,51H,4-6,15-25,28H2,1H3,(H2,43,46)(H,44,52,53). The molecule has 0 radical (unpaired) electrons. The van der Waals surface area contributed by atoms with Crippen molar-refractivity contribution in [3.05, 3.63) is 94.4 Å². The van der Waals surface area contributed by atoms with Gasteiger partial charge in [-0.25, -0.2) is 4.79 Å². The van der Waals surface area contributed by atoms with Crippen LogP contribution in [0.2, 0.25) is 0 Å². The summed E-state index contributed by atoms with van der Waals surface area (Å²) in [6.45, 7) is 8.48. The van der Waals surface area contributed by atoms with Crippen molar-refractivity contribution in [3.63, 3.8) is 0 Å². The van der Waals surface area contributed by atoms with Gasteiger partial charge >= 0.3 is 5.69 Å². The molecule has 56 heavy (non-hydrogen) atoms. The number of carbonyl (C=O) groups excluding carboxylic acids is 2. The SMILES string of the molecule is Cn1c(=O)n(C2CCC(=O)NC2=O)c2ccc(CCCOCCCOCCN3CCN(Cc4ccc(-c5cc(-c6ccccc6O)nnc5N)cc4)CC3)cc21. The molecule has 4 N–H and O–H groups in total. The van der Waals surface area contributed by atoms with E-state index in [-0.39, 0.29) is 23.8 Å². The fourth-order valence-corrected chi connectivity index (χ4v) is 7.51. The summed E-state index contributed by atoms with van der Waals surface area (Å²) in [7, 11) is 1.71. The van der Waals surface area contributed by atoms with Crippen LogP contribution in [0, 0.1) is 0 Å². The summed E-state index contributed by atoms with van der Waals surface area (Å²) in [5, 5.41) is 20.9. The van der Waals surface area contributed by atoms with Gasteiger partial charge in [-0.1, -0.05) is 42.5 Å². The van der Waals surface area contributed by atoms with E-state index in [4.69, 9.17) is 15.2 Å². The zero-order chi connectivity index (χ0) is 39.0. The molecule has 2 aliphatic rings. The van der Waals surface area contributed by atoms with Gasteiger partial charge in [-0.3, -0.25) is 33.8 Å². The highest BCUT2D eigenvalue weighted by Gasteiger charge is 2.31. The fraction of sp³-hybridized carbons (Fsp3) is 0.405. The molecule has 3 aromatic carbocycles. The minimum atomic E-state index is -0.682. The van der Waals surface area contributed by atoms with Crippen molar-refractivity contribution in [1.29, 1.82) is 0 Å². The number of carbonyl (C=O) groups is 2. The Morgan fingerprint density at radius 1 is 0.804 bits per heavy atom. The van der Waals surface area contributed by atoms with E-state index in [2.05, 4.69) is 49.6 Å². The highest BCUT2D eigenvalue weighted by molar-refractivity contribution is 6.00. The summed E-state index contributed by atoms with van der Waals surface area (Å²) in [6, 6.07) is 22.6. The zero-order valence-electron chi connectivity index (χ0n) is 31.9. The lowest BCUT2D eigenvalue weighted by atomic mass is 10.0. The lowest BCUT2D eigenvalue weighted by Gasteiger charge is -2.34. The van der Waals surface area contributed by atoms with Crippen LogP contribution in [0.1, 0.15) is 42.9 Å². The number of phenols is 1. The molecule has 1 atom stereocenters. The van der Waals surface area contributed by atoms with Crippen molar-refractivity contribution in [2.45, 2.75) is 44.7 Å². The lowest BCUT2D eigenvalue weighted by molar-refractivity contribution is -0.135. The Morgan fingerprint density at radius 3 is 2.29 bits per heavy atom. The molecule has 0 saturated carbocycles. The molecule has 0 aliphatic carbocycles. The second kappa shape index (κ2) is 18.0. The number of phenolic OH excluding ortho intramolecular Hbond substituents is 1. The predicted octanol–water partition coefficient (Wildman–Crippen LogP) is 3.90. The second-order valence-corrected chi connectivity index (χ2v) is 14.5. The van der Waals surface area contributed by atoms with Crippen molar-refractivity contribution in [1.82, 2.24) is 34.4 Å². The molecule has 2 aromatic heterocycles. The van der Waals surface area contributed by atoms with Crippen LogP contribution in [-0.4, -0.2) is 105 Å². The third-order valence-corrected chi connectivity index (χ3v) is 10.7. The first-order chi connectivity index (χ1) is 27.2. The van der Waals surface area contributed by atoms with Gasteiger partial charge in [0.05, 0.1) is 23.3 Å². The number of fused-ring (bicyclic) bond motifs is 1. The summed E-state index contributed by atoms with van der Waals surface area (Å²) < 4.78 is 14.8. The number of nitrogens with zero attached hydrogens (tertiary/aromatic N) is 6. The average Bonchev–Trinajstić information content (AvgIpc) is 3.45. The third kappa shape index (κ3) is 9.16. The highest BCUT2D eigenvalue weighted by Crippen LogP contribution is 2.32. The van der Waals surface area contributed by atoms with Crippen molar-refractivity contribution in [2.75, 3.05) is 64.9 Å². The predicted molar refractivity (Wildman–Crippen MR) is 214 cm³/mol. The molecule has 2 fully saturated rings. The number of hydrogen-bond acceptors (Lipinski definition) is 11. The fourth-order valence-electron chi connectivity index (χ4n) is 7.51. The zero-order valence-corrected chi connectivity index (χ0v) is 31.9. The van der Waals surface area contributed by atoms with Gasteiger partial charge in [0.15, 0.2) is 5.82 Å². The van der Waals surface area contributed by atoms with Crippen molar-refractivity contribution in [2.24, 2.45) is 7.05 Å². The molecule has 14 heteroatoms. The van der Waals surface area contributed by atoms with Crippen LogP contribution in [-0.2, 0) is 39.1 Å². The number of anilines is 1. The lowest BCUT2D eigenvalue weighted by Crippen LogP contribution is -2.46. The first-order valence-electron chi connectivity index (χ1n) is 19.4. The number of piperidine rings is 1. The van der Waals surface area contributed by atoms with E-state index in [0.29, 0.717) is 55.4 Å². The first-order valence-corrected chi connectivity index (χ1v) is 19.4. The molecule has 294 valence electrons. The van der Waals surface area contributed by atoms with Crippen molar-refractivity contribution >= 4 is 28.7 Å². The summed E-state index contributed by atoms with van der Waals surface area (Å²) >= 11 is 0. The summed E-state index contributed by atoms with van der Waals surface area (Å²) in [6.07, 6.45) is 3.05. The molecule has 0 spiro atoms. The van der Waals surface area contributed by atoms with Crippen LogP contribution in [0.3, 0.4) is 0 Å². The van der Waals surface area contributed by atoms with E-state index >= 15 is 0 Å². The average molecular weight is 763 g/mol. The smallest absolute Gasteiger partial charge is 0.329 e. The molecule has 4 heterocycles. The number of piperazine rings is 1. The molecule has 1 unspecified atom stereocenters. The van der Waals surface area contributed by atoms with Gasteiger partial charge in [-0.2, -0.15) is 0 Å². The van der Waals surface area contributed by atoms with E-state index in [1.807, 2.05) is 36.4 Å². The monoisotopic (exact) mass is 762 g/mol. The molecule has 2 amide bonds. The van der Waals surface area contributed by atoms with Crippen LogP contribution in [0.4, 0.5) is 5.82 Å². The summed E-state index contributed by atoms with van der Waals surface area (Å²) in [5.74, 6) is -0.225. The quantitative estimate of drug-likeness (QED) is 0.0985. The third-order valence-electron chi connectivity index (χ3n) is 10.7. The maximum atomic E-state index is 13.0. The Kier molecular flexibility index (Phi) is 12.5. The molecule has 5 aromatic rings. The molecular weight excluding hydrogens is 713 g/mol. The minimum absolute atomic E-state index is 0.152. The van der Waals surface area contributed by atoms with Crippen molar-refractivity contribution in [3.8, 4) is 28.1 Å². The largest absolute Gasteiger partial charge is 0.507 e. The Hall–Kier alpha value is -5.41. The number of hydrogen-bond donors (Lipinski definition) is 3. The van der Waals surface area contributed by atoms with E-state index in [1.54, 1.807) is 23.7 Å². The summed E-state index contributed by atoms with van der Waals surface area (Å²) in [5.41, 5.74) is 12.7.